The number of nitrogens with one attached hydrogen (secondary N) is 1. The lowest BCUT2D eigenvalue weighted by Gasteiger charge is -2.26. The molecule has 1 saturated carbocycles. The van der Waals surface area contributed by atoms with Crippen LogP contribution >= 0.6 is 15.9 Å². The Hall–Kier alpha value is -0.540. The first-order valence-corrected chi connectivity index (χ1v) is 9.22. The van der Waals surface area contributed by atoms with Gasteiger partial charge >= 0.3 is 0 Å². The molecule has 1 aromatic carbocycles. The summed E-state index contributed by atoms with van der Waals surface area (Å²) < 4.78 is 1.23. The summed E-state index contributed by atoms with van der Waals surface area (Å²) in [6.07, 6.45) is 5.21. The molecule has 1 fully saturated rings. The summed E-state index contributed by atoms with van der Waals surface area (Å²) in [7, 11) is 0. The van der Waals surface area contributed by atoms with Gasteiger partial charge in [0.2, 0.25) is 0 Å². The molecule has 21 heavy (non-hydrogen) atoms. The van der Waals surface area contributed by atoms with Crippen molar-refractivity contribution in [3.8, 4) is 0 Å². The summed E-state index contributed by atoms with van der Waals surface area (Å²) in [5, 5.41) is 3.56. The summed E-state index contributed by atoms with van der Waals surface area (Å²) in [5.41, 5.74) is 2.72. The molecule has 0 bridgehead atoms. The van der Waals surface area contributed by atoms with E-state index in [2.05, 4.69) is 65.1 Å². The van der Waals surface area contributed by atoms with E-state index in [1.807, 2.05) is 0 Å². The molecule has 1 aliphatic carbocycles. The molecular weight excluding hydrogens is 324 g/mol. The first-order valence-electron chi connectivity index (χ1n) is 8.43. The van der Waals surface area contributed by atoms with Gasteiger partial charge in [-0.3, -0.25) is 0 Å². The van der Waals surface area contributed by atoms with E-state index >= 15 is 0 Å². The van der Waals surface area contributed by atoms with E-state index in [9.17, 15) is 0 Å². The molecule has 3 heteroatoms. The van der Waals surface area contributed by atoms with E-state index in [1.54, 1.807) is 0 Å². The zero-order chi connectivity index (χ0) is 15.2. The molecular formula is C18H29BrN2. The van der Waals surface area contributed by atoms with Gasteiger partial charge in [0.1, 0.15) is 0 Å². The van der Waals surface area contributed by atoms with Crippen LogP contribution in [-0.4, -0.2) is 19.6 Å². The third kappa shape index (κ3) is 5.00. The summed E-state index contributed by atoms with van der Waals surface area (Å²) in [5.74, 6) is 0.931. The third-order valence-corrected chi connectivity index (χ3v) is 4.87. The average molecular weight is 353 g/mol. The monoisotopic (exact) mass is 352 g/mol. The topological polar surface area (TPSA) is 15.3 Å². The normalized spacial score (nSPS) is 16.0. The molecule has 0 aromatic heterocycles. The number of rotatable bonds is 9. The van der Waals surface area contributed by atoms with E-state index in [0.29, 0.717) is 6.04 Å². The highest BCUT2D eigenvalue weighted by molar-refractivity contribution is 9.10. The smallest absolute Gasteiger partial charge is 0.0377 e. The molecule has 118 valence electrons. The molecule has 2 rings (SSSR count). The second kappa shape index (κ2) is 8.19. The van der Waals surface area contributed by atoms with Gasteiger partial charge in [0, 0.05) is 29.3 Å². The summed E-state index contributed by atoms with van der Waals surface area (Å²) in [4.78, 5) is 2.55. The molecule has 1 aliphatic rings. The number of nitrogens with zero attached hydrogens (tertiary/aromatic N) is 1. The van der Waals surface area contributed by atoms with Gasteiger partial charge < -0.3 is 10.2 Å². The van der Waals surface area contributed by atoms with Crippen molar-refractivity contribution >= 4 is 21.6 Å². The summed E-state index contributed by atoms with van der Waals surface area (Å²) in [6, 6.07) is 7.28. The molecule has 1 aromatic rings. The molecule has 0 amide bonds. The molecule has 0 heterocycles. The van der Waals surface area contributed by atoms with Crippen molar-refractivity contribution in [2.75, 3.05) is 24.5 Å². The third-order valence-electron chi connectivity index (χ3n) is 4.19. The minimum atomic E-state index is 0.399. The lowest BCUT2D eigenvalue weighted by atomic mass is 10.1. The summed E-state index contributed by atoms with van der Waals surface area (Å²) >= 11 is 3.77. The van der Waals surface area contributed by atoms with Crippen LogP contribution in [0.2, 0.25) is 0 Å². The Bertz CT molecular complexity index is 443. The number of benzene rings is 1. The first kappa shape index (κ1) is 16.8. The Labute approximate surface area is 138 Å². The van der Waals surface area contributed by atoms with Gasteiger partial charge in [0.05, 0.1) is 0 Å². The lowest BCUT2D eigenvalue weighted by Crippen LogP contribution is -2.26. The highest BCUT2D eigenvalue weighted by Gasteiger charge is 2.24. The van der Waals surface area contributed by atoms with Gasteiger partial charge in [-0.15, -0.1) is 0 Å². The van der Waals surface area contributed by atoms with E-state index in [0.717, 1.165) is 19.0 Å². The van der Waals surface area contributed by atoms with Crippen LogP contribution in [0.5, 0.6) is 0 Å². The fourth-order valence-electron chi connectivity index (χ4n) is 2.74. The standard InChI is InChI=1S/C18H29BrN2/c1-4-10-20-14(3)17-9-8-16(12-18(17)19)21(11-5-2)13-15-6-7-15/h8-9,12,14-15,20H,4-7,10-11,13H2,1-3H3. The van der Waals surface area contributed by atoms with Gasteiger partial charge in [-0.1, -0.05) is 35.8 Å². The van der Waals surface area contributed by atoms with E-state index < -0.39 is 0 Å². The van der Waals surface area contributed by atoms with Crippen molar-refractivity contribution in [3.05, 3.63) is 28.2 Å². The van der Waals surface area contributed by atoms with Gasteiger partial charge in [-0.2, -0.15) is 0 Å². The number of hydrogen-bond donors (Lipinski definition) is 1. The van der Waals surface area contributed by atoms with Crippen molar-refractivity contribution < 1.29 is 0 Å². The van der Waals surface area contributed by atoms with Crippen LogP contribution in [0.1, 0.15) is 58.1 Å². The number of halogens is 1. The van der Waals surface area contributed by atoms with Gasteiger partial charge in [-0.25, -0.2) is 0 Å². The van der Waals surface area contributed by atoms with Crippen molar-refractivity contribution in [1.82, 2.24) is 5.32 Å². The van der Waals surface area contributed by atoms with Crippen LogP contribution < -0.4 is 10.2 Å². The minimum Gasteiger partial charge on any atom is -0.371 e. The molecule has 0 radical (unpaired) electrons. The van der Waals surface area contributed by atoms with Crippen LogP contribution in [-0.2, 0) is 0 Å². The number of hydrogen-bond acceptors (Lipinski definition) is 2. The maximum absolute atomic E-state index is 3.77. The van der Waals surface area contributed by atoms with Crippen LogP contribution in [0, 0.1) is 5.92 Å². The van der Waals surface area contributed by atoms with Crippen LogP contribution in [0.15, 0.2) is 22.7 Å². The highest BCUT2D eigenvalue weighted by atomic mass is 79.9. The van der Waals surface area contributed by atoms with Crippen molar-refractivity contribution in [1.29, 1.82) is 0 Å². The Kier molecular flexibility index (Phi) is 6.56. The first-order chi connectivity index (χ1) is 10.2. The Balaban J connectivity index is 2.08. The van der Waals surface area contributed by atoms with E-state index in [4.69, 9.17) is 0 Å². The Morgan fingerprint density at radius 1 is 1.29 bits per heavy atom. The highest BCUT2D eigenvalue weighted by Crippen LogP contribution is 2.33. The fourth-order valence-corrected chi connectivity index (χ4v) is 3.45. The van der Waals surface area contributed by atoms with E-state index in [-0.39, 0.29) is 0 Å². The SMILES string of the molecule is CCCNC(C)c1ccc(N(CCC)CC2CC2)cc1Br. The molecule has 1 unspecified atom stereocenters. The molecule has 1 N–H and O–H groups in total. The maximum atomic E-state index is 3.77. The largest absolute Gasteiger partial charge is 0.371 e. The maximum Gasteiger partial charge on any atom is 0.0377 e. The van der Waals surface area contributed by atoms with Gasteiger partial charge in [0.15, 0.2) is 0 Å². The predicted octanol–water partition coefficient (Wildman–Crippen LogP) is 5.14. The lowest BCUT2D eigenvalue weighted by molar-refractivity contribution is 0.569. The molecule has 2 nitrogen and oxygen atoms in total. The number of anilines is 1. The second-order valence-electron chi connectivity index (χ2n) is 6.27. The molecule has 0 spiro atoms. The zero-order valence-corrected chi connectivity index (χ0v) is 15.2. The van der Waals surface area contributed by atoms with Gasteiger partial charge in [-0.05, 0) is 62.8 Å². The molecule has 0 aliphatic heterocycles. The average Bonchev–Trinajstić information content (AvgIpc) is 3.28. The van der Waals surface area contributed by atoms with Crippen molar-refractivity contribution in [2.45, 2.75) is 52.5 Å². The van der Waals surface area contributed by atoms with Crippen LogP contribution in [0.25, 0.3) is 0 Å². The summed E-state index contributed by atoms with van der Waals surface area (Å²) in [6.45, 7) is 10.2. The van der Waals surface area contributed by atoms with Crippen LogP contribution in [0.4, 0.5) is 5.69 Å². The Morgan fingerprint density at radius 2 is 2.05 bits per heavy atom. The zero-order valence-electron chi connectivity index (χ0n) is 13.7. The second-order valence-corrected chi connectivity index (χ2v) is 7.13. The Morgan fingerprint density at radius 3 is 2.62 bits per heavy atom. The fraction of sp³-hybridized carbons (Fsp3) is 0.667. The molecule has 0 saturated heterocycles. The predicted molar refractivity (Wildman–Crippen MR) is 96.1 cm³/mol. The van der Waals surface area contributed by atoms with E-state index in [1.165, 1.54) is 48.0 Å². The van der Waals surface area contributed by atoms with Gasteiger partial charge in [0.25, 0.3) is 0 Å². The van der Waals surface area contributed by atoms with Crippen LogP contribution in [0.3, 0.4) is 0 Å². The quantitative estimate of drug-likeness (QED) is 0.662. The van der Waals surface area contributed by atoms with Crippen molar-refractivity contribution in [3.63, 3.8) is 0 Å². The molecule has 1 atom stereocenters. The van der Waals surface area contributed by atoms with Crippen molar-refractivity contribution in [2.24, 2.45) is 5.92 Å². The minimum absolute atomic E-state index is 0.399.